The maximum Gasteiger partial charge on any atom is 0.412 e. The predicted octanol–water partition coefficient (Wildman–Crippen LogP) is 5.92. The summed E-state index contributed by atoms with van der Waals surface area (Å²) >= 11 is 0. The molecule has 12 nitrogen and oxygen atoms in total. The Morgan fingerprint density at radius 3 is 1.09 bits per heavy atom. The Balaban J connectivity index is 2.07. The summed E-state index contributed by atoms with van der Waals surface area (Å²) < 4.78 is 11.4. The highest BCUT2D eigenvalue weighted by molar-refractivity contribution is 6.08. The zero-order valence-electron chi connectivity index (χ0n) is 31.5. The molecule has 12 heteroatoms. The Bertz CT molecular complexity index is 1220. The lowest BCUT2D eigenvalue weighted by Gasteiger charge is -2.42. The van der Waals surface area contributed by atoms with Gasteiger partial charge in [0.15, 0.2) is 0 Å². The van der Waals surface area contributed by atoms with Crippen molar-refractivity contribution in [3.8, 4) is 0 Å². The van der Waals surface area contributed by atoms with E-state index in [1.165, 1.54) is 9.80 Å². The van der Waals surface area contributed by atoms with Crippen LogP contribution in [-0.4, -0.2) is 90.0 Å². The van der Waals surface area contributed by atoms with Gasteiger partial charge in [0.05, 0.1) is 11.8 Å². The lowest BCUT2D eigenvalue weighted by atomic mass is 9.87. The molecule has 2 aliphatic heterocycles. The van der Waals surface area contributed by atoms with Crippen molar-refractivity contribution >= 4 is 35.8 Å². The normalized spacial score (nSPS) is 26.6. The van der Waals surface area contributed by atoms with Crippen LogP contribution in [0, 0.1) is 22.7 Å². The molecular formula is C35H58N4O8. The van der Waals surface area contributed by atoms with Gasteiger partial charge in [0.1, 0.15) is 34.6 Å². The fourth-order valence-corrected chi connectivity index (χ4v) is 7.04. The van der Waals surface area contributed by atoms with Gasteiger partial charge in [0, 0.05) is 10.8 Å². The Labute approximate surface area is 280 Å². The van der Waals surface area contributed by atoms with E-state index in [0.29, 0.717) is 19.3 Å². The molecule has 3 rings (SSSR count). The third-order valence-electron chi connectivity index (χ3n) is 9.02. The third-order valence-corrected chi connectivity index (χ3v) is 9.02. The van der Waals surface area contributed by atoms with E-state index in [1.807, 2.05) is 41.5 Å². The molecule has 0 unspecified atom stereocenters. The molecule has 47 heavy (non-hydrogen) atoms. The van der Waals surface area contributed by atoms with Crippen LogP contribution in [0.5, 0.6) is 0 Å². The average Bonchev–Trinajstić information content (AvgIpc) is 3.47. The molecule has 1 aliphatic carbocycles. The van der Waals surface area contributed by atoms with Crippen LogP contribution < -0.4 is 0 Å². The largest absolute Gasteiger partial charge is 0.444 e. The average molecular weight is 663 g/mol. The van der Waals surface area contributed by atoms with Crippen molar-refractivity contribution in [2.24, 2.45) is 22.7 Å². The number of amides is 6. The fourth-order valence-electron chi connectivity index (χ4n) is 7.04. The van der Waals surface area contributed by atoms with Crippen molar-refractivity contribution < 1.29 is 38.2 Å². The monoisotopic (exact) mass is 662 g/mol. The van der Waals surface area contributed by atoms with Crippen molar-refractivity contribution in [3.05, 3.63) is 0 Å². The smallest absolute Gasteiger partial charge is 0.412 e. The number of nitrogens with zero attached hydrogens (tertiary/aromatic N) is 4. The minimum atomic E-state index is -1.41. The second-order valence-corrected chi connectivity index (χ2v) is 18.5. The number of ether oxygens (including phenoxy) is 2. The molecule has 1 saturated carbocycles. The summed E-state index contributed by atoms with van der Waals surface area (Å²) in [5, 5.41) is 0. The molecule has 3 fully saturated rings. The van der Waals surface area contributed by atoms with E-state index in [0.717, 1.165) is 9.80 Å². The maximum atomic E-state index is 14.6. The topological polar surface area (TPSA) is 134 Å². The van der Waals surface area contributed by atoms with Crippen LogP contribution in [0.4, 0.5) is 9.59 Å². The first kappa shape index (κ1) is 38.3. The number of rotatable bonds is 2. The number of carbonyl (C=O) groups excluding carboxylic acids is 6. The lowest BCUT2D eigenvalue weighted by molar-refractivity contribution is -0.158. The molecule has 2 saturated heterocycles. The predicted molar refractivity (Wildman–Crippen MR) is 175 cm³/mol. The highest BCUT2D eigenvalue weighted by atomic mass is 16.6. The van der Waals surface area contributed by atoms with Gasteiger partial charge in [-0.2, -0.15) is 0 Å². The van der Waals surface area contributed by atoms with Crippen LogP contribution in [0.2, 0.25) is 0 Å². The van der Waals surface area contributed by atoms with Crippen LogP contribution in [-0.2, 0) is 28.7 Å². The molecule has 4 atom stereocenters. The first-order valence-corrected chi connectivity index (χ1v) is 16.7. The summed E-state index contributed by atoms with van der Waals surface area (Å²) in [6.07, 6.45) is -2.23. The van der Waals surface area contributed by atoms with Crippen LogP contribution in [0.1, 0.15) is 130 Å². The summed E-state index contributed by atoms with van der Waals surface area (Å²) in [6.45, 7) is 27.8. The Kier molecular flexibility index (Phi) is 9.57. The van der Waals surface area contributed by atoms with E-state index in [4.69, 9.17) is 9.47 Å². The standard InChI is InChI=1S/C35H58N4O8/c1-30(2,3)24-36(26(42)34(13,14)38(24)28(44)46-32(7,8)9)22(40)20-18-17-19-21(20)23(41)37-25(31(4,5)6)39(35(15,16)27(37)43)29(45)47-33(10,11)12/h20-21,24-25H,17-19H2,1-16H3/t20-,21-,24-,25-/m0/s1. The Hall–Kier alpha value is -3.18. The Morgan fingerprint density at radius 1 is 0.574 bits per heavy atom. The minimum absolute atomic E-state index is 0.324. The summed E-state index contributed by atoms with van der Waals surface area (Å²) in [5.74, 6) is -4.09. The molecule has 0 aromatic heterocycles. The van der Waals surface area contributed by atoms with Gasteiger partial charge in [0.25, 0.3) is 11.8 Å². The highest BCUT2D eigenvalue weighted by Crippen LogP contribution is 2.47. The number of carbonyl (C=O) groups is 6. The van der Waals surface area contributed by atoms with Gasteiger partial charge in [-0.25, -0.2) is 9.59 Å². The van der Waals surface area contributed by atoms with Gasteiger partial charge in [-0.05, 0) is 82.1 Å². The molecule has 0 bridgehead atoms. The van der Waals surface area contributed by atoms with Crippen LogP contribution in [0.3, 0.4) is 0 Å². The summed E-state index contributed by atoms with van der Waals surface area (Å²) in [5.41, 5.74) is -6.04. The van der Waals surface area contributed by atoms with Crippen LogP contribution >= 0.6 is 0 Å². The molecule has 3 aliphatic rings. The molecule has 0 N–H and O–H groups in total. The fraction of sp³-hybridized carbons (Fsp3) is 0.829. The number of imide groups is 2. The summed E-state index contributed by atoms with van der Waals surface area (Å²) in [7, 11) is 0. The molecule has 0 spiro atoms. The van der Waals surface area contributed by atoms with E-state index in [2.05, 4.69) is 0 Å². The van der Waals surface area contributed by atoms with Gasteiger partial charge in [0.2, 0.25) is 11.8 Å². The second kappa shape index (κ2) is 11.8. The summed E-state index contributed by atoms with van der Waals surface area (Å²) in [4.78, 5) is 89.5. The van der Waals surface area contributed by atoms with E-state index in [9.17, 15) is 28.8 Å². The minimum Gasteiger partial charge on any atom is -0.444 e. The molecule has 0 aromatic carbocycles. The van der Waals surface area contributed by atoms with Crippen LogP contribution in [0.25, 0.3) is 0 Å². The van der Waals surface area contributed by atoms with Gasteiger partial charge in [-0.1, -0.05) is 48.0 Å². The van der Waals surface area contributed by atoms with E-state index >= 15 is 0 Å². The zero-order valence-corrected chi connectivity index (χ0v) is 31.5. The van der Waals surface area contributed by atoms with Crippen molar-refractivity contribution in [2.45, 2.75) is 165 Å². The van der Waals surface area contributed by atoms with Crippen molar-refractivity contribution in [3.63, 3.8) is 0 Å². The molecular weight excluding hydrogens is 604 g/mol. The first-order valence-electron chi connectivity index (χ1n) is 16.7. The van der Waals surface area contributed by atoms with Gasteiger partial charge in [-0.3, -0.25) is 38.8 Å². The quantitative estimate of drug-likeness (QED) is 0.333. The Morgan fingerprint density at radius 2 is 0.851 bits per heavy atom. The van der Waals surface area contributed by atoms with Gasteiger partial charge in [-0.15, -0.1) is 0 Å². The molecule has 2 heterocycles. The van der Waals surface area contributed by atoms with E-state index in [1.54, 1.807) is 69.2 Å². The molecule has 6 amide bonds. The molecule has 0 aromatic rings. The number of hydrogen-bond acceptors (Lipinski definition) is 8. The zero-order chi connectivity index (χ0) is 36.6. The maximum absolute atomic E-state index is 14.6. The third kappa shape index (κ3) is 7.02. The van der Waals surface area contributed by atoms with Gasteiger partial charge >= 0.3 is 12.2 Å². The van der Waals surface area contributed by atoms with Crippen molar-refractivity contribution in [1.82, 2.24) is 19.6 Å². The first-order chi connectivity index (χ1) is 20.9. The number of hydrogen-bond donors (Lipinski definition) is 0. The van der Waals surface area contributed by atoms with E-state index < -0.39 is 93.1 Å². The van der Waals surface area contributed by atoms with Gasteiger partial charge < -0.3 is 9.47 Å². The SMILES string of the molecule is CC(C)(C)OC(=O)N1[C@@H](C(C)(C)C)N(C(=O)[C@H]2CCC[C@@H]2C(=O)N2C(=O)C(C)(C)N(C(=O)OC(C)(C)C)[C@H]2C(C)(C)C)C(=O)C1(C)C. The van der Waals surface area contributed by atoms with Crippen molar-refractivity contribution in [1.29, 1.82) is 0 Å². The second-order valence-electron chi connectivity index (χ2n) is 18.5. The lowest BCUT2D eigenvalue weighted by Crippen LogP contribution is -2.57. The molecule has 0 radical (unpaired) electrons. The van der Waals surface area contributed by atoms with Crippen LogP contribution in [0.15, 0.2) is 0 Å². The highest BCUT2D eigenvalue weighted by Gasteiger charge is 2.64. The summed E-state index contributed by atoms with van der Waals surface area (Å²) in [6, 6.07) is 0. The van der Waals surface area contributed by atoms with E-state index in [-0.39, 0.29) is 0 Å². The van der Waals surface area contributed by atoms with Crippen molar-refractivity contribution in [2.75, 3.05) is 0 Å². The molecule has 266 valence electrons.